The molecule has 3 aromatic heterocycles. The first-order valence-corrected chi connectivity index (χ1v) is 13.0. The monoisotopic (exact) mass is 495 g/mol. The van der Waals surface area contributed by atoms with Crippen LogP contribution in [0.3, 0.4) is 0 Å². The van der Waals surface area contributed by atoms with E-state index in [9.17, 15) is 0 Å². The molecule has 0 amide bonds. The van der Waals surface area contributed by atoms with Crippen LogP contribution in [0.2, 0.25) is 0 Å². The molecular formula is C32H25N5O. The zero-order chi connectivity index (χ0) is 25.5. The minimum absolute atomic E-state index is 0.333. The first kappa shape index (κ1) is 21.4. The highest BCUT2D eigenvalue weighted by Crippen LogP contribution is 2.43. The third-order valence-electron chi connectivity index (χ3n) is 7.70. The highest BCUT2D eigenvalue weighted by molar-refractivity contribution is 6.22. The first-order valence-electron chi connectivity index (χ1n) is 13.0. The Hall–Kier alpha value is -4.71. The lowest BCUT2D eigenvalue weighted by molar-refractivity contribution is 0.305. The fraction of sp³-hybridized carbons (Fsp3) is 0.156. The molecule has 0 spiro atoms. The predicted octanol–water partition coefficient (Wildman–Crippen LogP) is 7.80. The molecule has 0 radical (unpaired) electrons. The second-order valence-corrected chi connectivity index (χ2v) is 10.5. The molecule has 4 heterocycles. The number of benzene rings is 4. The fourth-order valence-electron chi connectivity index (χ4n) is 5.84. The molecule has 7 aromatic rings. The highest BCUT2D eigenvalue weighted by atomic mass is 16.5. The van der Waals surface area contributed by atoms with Crippen molar-refractivity contribution in [3.63, 3.8) is 0 Å². The number of hydrogen-bond acceptors (Lipinski definition) is 4. The zero-order valence-corrected chi connectivity index (χ0v) is 21.4. The van der Waals surface area contributed by atoms with E-state index in [1.807, 2.05) is 19.2 Å². The van der Waals surface area contributed by atoms with Crippen molar-refractivity contribution in [2.75, 3.05) is 0 Å². The van der Waals surface area contributed by atoms with Crippen molar-refractivity contribution in [2.24, 2.45) is 0 Å². The summed E-state index contributed by atoms with van der Waals surface area (Å²) in [6.07, 6.45) is 1.86. The van der Waals surface area contributed by atoms with Gasteiger partial charge in [-0.2, -0.15) is 0 Å². The summed E-state index contributed by atoms with van der Waals surface area (Å²) in [4.78, 5) is 21.2. The van der Waals surface area contributed by atoms with E-state index in [1.165, 1.54) is 11.1 Å². The maximum absolute atomic E-state index is 6.32. The first-order chi connectivity index (χ1) is 18.5. The molecule has 1 aliphatic heterocycles. The third kappa shape index (κ3) is 2.97. The molecule has 4 aromatic carbocycles. The number of ether oxygens (including phenoxy) is 1. The van der Waals surface area contributed by atoms with Gasteiger partial charge in [0.15, 0.2) is 5.75 Å². The van der Waals surface area contributed by atoms with Crippen molar-refractivity contribution >= 4 is 43.7 Å². The van der Waals surface area contributed by atoms with E-state index in [4.69, 9.17) is 19.7 Å². The molecule has 0 unspecified atom stereocenters. The van der Waals surface area contributed by atoms with Crippen molar-refractivity contribution in [2.45, 2.75) is 33.3 Å². The Kier molecular flexibility index (Phi) is 4.30. The van der Waals surface area contributed by atoms with Gasteiger partial charge in [0.2, 0.25) is 0 Å². The average Bonchev–Trinajstić information content (AvgIpc) is 3.56. The van der Waals surface area contributed by atoms with Gasteiger partial charge in [-0.05, 0) is 65.6 Å². The number of fused-ring (bicyclic) bond motifs is 11. The summed E-state index contributed by atoms with van der Waals surface area (Å²) < 4.78 is 6.32. The number of H-pyrrole nitrogens is 2. The van der Waals surface area contributed by atoms with E-state index in [2.05, 4.69) is 78.4 Å². The molecule has 0 atom stereocenters. The van der Waals surface area contributed by atoms with Gasteiger partial charge in [-0.15, -0.1) is 0 Å². The van der Waals surface area contributed by atoms with Gasteiger partial charge >= 0.3 is 0 Å². The molecule has 0 bridgehead atoms. The highest BCUT2D eigenvalue weighted by Gasteiger charge is 2.23. The predicted molar refractivity (Wildman–Crippen MR) is 153 cm³/mol. The second kappa shape index (κ2) is 7.65. The van der Waals surface area contributed by atoms with Crippen LogP contribution in [0.15, 0.2) is 66.9 Å². The van der Waals surface area contributed by atoms with Crippen LogP contribution in [0.25, 0.3) is 66.0 Å². The zero-order valence-electron chi connectivity index (χ0n) is 21.4. The van der Waals surface area contributed by atoms with Crippen molar-refractivity contribution in [1.29, 1.82) is 0 Å². The van der Waals surface area contributed by atoms with Crippen LogP contribution >= 0.6 is 0 Å². The molecule has 6 heteroatoms. The topological polar surface area (TPSA) is 79.5 Å². The number of rotatable bonds is 2. The number of aromatic nitrogens is 5. The van der Waals surface area contributed by atoms with Crippen LogP contribution < -0.4 is 4.74 Å². The van der Waals surface area contributed by atoms with Gasteiger partial charge in [0.25, 0.3) is 0 Å². The summed E-state index contributed by atoms with van der Waals surface area (Å²) in [5.41, 5.74) is 10.7. The van der Waals surface area contributed by atoms with Crippen molar-refractivity contribution in [3.05, 3.63) is 84.1 Å². The molecule has 8 rings (SSSR count). The maximum atomic E-state index is 6.32. The summed E-state index contributed by atoms with van der Waals surface area (Å²) in [7, 11) is 0. The van der Waals surface area contributed by atoms with E-state index in [-0.39, 0.29) is 0 Å². The number of aromatic amines is 2. The standard InChI is InChI=1S/C32H25N5O/c1-16(2)32-36-26-11-10-23-21-8-6-18(13-20(21)15-38-31(23)30(26)37-32)19-7-9-22-25(14-19)27-24(5-4-12-33-27)29-28(22)34-17(3)35-29/h4-14,16H,15H2,1-3H3,(H,34,35)(H,36,37). The summed E-state index contributed by atoms with van der Waals surface area (Å²) in [5.74, 6) is 3.09. The smallest absolute Gasteiger partial charge is 0.155 e. The lowest BCUT2D eigenvalue weighted by Gasteiger charge is -2.22. The van der Waals surface area contributed by atoms with Crippen LogP contribution in [0.1, 0.15) is 37.0 Å². The van der Waals surface area contributed by atoms with Crippen molar-refractivity contribution < 1.29 is 4.74 Å². The van der Waals surface area contributed by atoms with Crippen LogP contribution in [-0.2, 0) is 6.61 Å². The van der Waals surface area contributed by atoms with Gasteiger partial charge in [-0.1, -0.05) is 38.1 Å². The van der Waals surface area contributed by atoms with Gasteiger partial charge in [0.1, 0.15) is 23.8 Å². The van der Waals surface area contributed by atoms with Crippen molar-refractivity contribution in [3.8, 4) is 28.0 Å². The SMILES string of the molecule is Cc1nc2c3cccnc3c3cc(-c4ccc5c(c4)COc4c-5ccc5[nH]c(C(C)C)nc45)ccc3c2[nH]1. The number of imidazole rings is 2. The Labute approximate surface area is 218 Å². The van der Waals surface area contributed by atoms with E-state index in [1.54, 1.807) is 0 Å². The van der Waals surface area contributed by atoms with Crippen LogP contribution in [0.4, 0.5) is 0 Å². The molecule has 184 valence electrons. The maximum Gasteiger partial charge on any atom is 0.155 e. The lowest BCUT2D eigenvalue weighted by atomic mass is 9.92. The van der Waals surface area contributed by atoms with Crippen LogP contribution in [0.5, 0.6) is 5.75 Å². The Bertz CT molecular complexity index is 2080. The van der Waals surface area contributed by atoms with Gasteiger partial charge in [0.05, 0.1) is 22.1 Å². The summed E-state index contributed by atoms with van der Waals surface area (Å²) in [6, 6.07) is 21.6. The summed E-state index contributed by atoms with van der Waals surface area (Å²) in [6.45, 7) is 6.81. The Morgan fingerprint density at radius 1 is 0.789 bits per heavy atom. The number of nitrogens with one attached hydrogen (secondary N) is 2. The number of hydrogen-bond donors (Lipinski definition) is 2. The summed E-state index contributed by atoms with van der Waals surface area (Å²) in [5, 5.41) is 3.32. The van der Waals surface area contributed by atoms with Crippen molar-refractivity contribution in [1.82, 2.24) is 24.9 Å². The molecule has 0 aliphatic carbocycles. The Morgan fingerprint density at radius 3 is 2.53 bits per heavy atom. The Morgan fingerprint density at radius 2 is 1.63 bits per heavy atom. The summed E-state index contributed by atoms with van der Waals surface area (Å²) >= 11 is 0. The van der Waals surface area contributed by atoms with Gasteiger partial charge < -0.3 is 14.7 Å². The van der Waals surface area contributed by atoms with Gasteiger partial charge in [-0.3, -0.25) is 4.98 Å². The number of aryl methyl sites for hydroxylation is 1. The van der Waals surface area contributed by atoms with E-state index < -0.39 is 0 Å². The molecule has 2 N–H and O–H groups in total. The number of nitrogens with zero attached hydrogens (tertiary/aromatic N) is 3. The van der Waals surface area contributed by atoms with E-state index in [0.29, 0.717) is 12.5 Å². The second-order valence-electron chi connectivity index (χ2n) is 10.5. The van der Waals surface area contributed by atoms with Gasteiger partial charge in [-0.25, -0.2) is 9.97 Å². The molecule has 6 nitrogen and oxygen atoms in total. The fourth-order valence-corrected chi connectivity index (χ4v) is 5.84. The molecular weight excluding hydrogens is 470 g/mol. The van der Waals surface area contributed by atoms with E-state index in [0.717, 1.165) is 77.8 Å². The molecule has 0 saturated carbocycles. The van der Waals surface area contributed by atoms with Crippen LogP contribution in [-0.4, -0.2) is 24.9 Å². The largest absolute Gasteiger partial charge is 0.486 e. The quantitative estimate of drug-likeness (QED) is 0.240. The number of pyridine rings is 1. The third-order valence-corrected chi connectivity index (χ3v) is 7.70. The molecule has 38 heavy (non-hydrogen) atoms. The van der Waals surface area contributed by atoms with Gasteiger partial charge in [0, 0.05) is 33.8 Å². The minimum Gasteiger partial charge on any atom is -0.486 e. The molecule has 0 fully saturated rings. The normalized spacial score (nSPS) is 12.9. The average molecular weight is 496 g/mol. The van der Waals surface area contributed by atoms with E-state index >= 15 is 0 Å². The lowest BCUT2D eigenvalue weighted by Crippen LogP contribution is -2.06. The van der Waals surface area contributed by atoms with Crippen LogP contribution in [0, 0.1) is 6.92 Å². The molecule has 0 saturated heterocycles. The molecule has 1 aliphatic rings. The minimum atomic E-state index is 0.333. The Balaban J connectivity index is 1.28.